The first-order valence-corrected chi connectivity index (χ1v) is 11.8. The first-order valence-electron chi connectivity index (χ1n) is 11.8. The van der Waals surface area contributed by atoms with Crippen molar-refractivity contribution in [1.82, 2.24) is 0 Å². The van der Waals surface area contributed by atoms with E-state index < -0.39 is 0 Å². The Morgan fingerprint density at radius 2 is 1.56 bits per heavy atom. The molecule has 0 aliphatic carbocycles. The third-order valence-corrected chi connectivity index (χ3v) is 6.62. The normalized spacial score (nSPS) is 18.8. The number of hydrogen-bond donors (Lipinski definition) is 1. The molecule has 0 aromatic heterocycles. The molecule has 2 saturated heterocycles. The van der Waals surface area contributed by atoms with Crippen LogP contribution in [0.5, 0.6) is 0 Å². The van der Waals surface area contributed by atoms with Crippen LogP contribution in [0.3, 0.4) is 0 Å². The highest BCUT2D eigenvalue weighted by Gasteiger charge is 2.27. The number of anilines is 3. The summed E-state index contributed by atoms with van der Waals surface area (Å²) < 4.78 is 11.1. The third kappa shape index (κ3) is 5.25. The Kier molecular flexibility index (Phi) is 7.66. The Balaban J connectivity index is 1.62. The van der Waals surface area contributed by atoms with E-state index in [1.807, 2.05) is 18.2 Å². The summed E-state index contributed by atoms with van der Waals surface area (Å²) in [4.78, 5) is 18.2. The van der Waals surface area contributed by atoms with Gasteiger partial charge >= 0.3 is 0 Å². The van der Waals surface area contributed by atoms with Crippen molar-refractivity contribution in [2.45, 2.75) is 26.2 Å². The first kappa shape index (κ1) is 22.6. The molecule has 2 aliphatic rings. The maximum atomic E-state index is 13.6. The molecule has 1 N–H and O–H groups in total. The van der Waals surface area contributed by atoms with Crippen LogP contribution in [-0.4, -0.2) is 58.5 Å². The zero-order valence-corrected chi connectivity index (χ0v) is 19.3. The van der Waals surface area contributed by atoms with Gasteiger partial charge in [-0.15, -0.1) is 0 Å². The second kappa shape index (κ2) is 10.8. The van der Waals surface area contributed by atoms with Gasteiger partial charge in [0.05, 0.1) is 43.7 Å². The number of carbonyl (C=O) groups is 1. The summed E-state index contributed by atoms with van der Waals surface area (Å²) >= 11 is 0. The Morgan fingerprint density at radius 3 is 2.19 bits per heavy atom. The van der Waals surface area contributed by atoms with Crippen molar-refractivity contribution in [2.24, 2.45) is 5.92 Å². The van der Waals surface area contributed by atoms with Gasteiger partial charge in [0.1, 0.15) is 0 Å². The highest BCUT2D eigenvalue weighted by atomic mass is 16.5. The summed E-state index contributed by atoms with van der Waals surface area (Å²) in [5.74, 6) is 0.119. The molecule has 2 atom stereocenters. The zero-order valence-electron chi connectivity index (χ0n) is 19.3. The lowest BCUT2D eigenvalue weighted by Crippen LogP contribution is -2.38. The van der Waals surface area contributed by atoms with Crippen molar-refractivity contribution in [3.05, 3.63) is 54.1 Å². The predicted molar refractivity (Wildman–Crippen MR) is 130 cm³/mol. The summed E-state index contributed by atoms with van der Waals surface area (Å²) in [7, 11) is 0. The van der Waals surface area contributed by atoms with Crippen molar-refractivity contribution in [1.29, 1.82) is 0 Å². The van der Waals surface area contributed by atoms with Gasteiger partial charge < -0.3 is 24.6 Å². The number of hydrogen-bond acceptors (Lipinski definition) is 5. The van der Waals surface area contributed by atoms with E-state index in [1.165, 1.54) is 5.69 Å². The smallest absolute Gasteiger partial charge is 0.232 e. The monoisotopic (exact) mass is 437 g/mol. The number of amides is 1. The van der Waals surface area contributed by atoms with E-state index in [9.17, 15) is 4.79 Å². The minimum atomic E-state index is -0.183. The fourth-order valence-corrected chi connectivity index (χ4v) is 4.55. The number of nitrogens with zero attached hydrogens (tertiary/aromatic N) is 2. The van der Waals surface area contributed by atoms with Gasteiger partial charge in [-0.1, -0.05) is 50.6 Å². The summed E-state index contributed by atoms with van der Waals surface area (Å²) in [5, 5.41) is 3.29. The highest BCUT2D eigenvalue weighted by molar-refractivity contribution is 5.99. The van der Waals surface area contributed by atoms with Gasteiger partial charge in [0.25, 0.3) is 0 Å². The molecule has 2 aliphatic heterocycles. The second-order valence-electron chi connectivity index (χ2n) is 8.66. The molecule has 2 aromatic carbocycles. The van der Waals surface area contributed by atoms with Crippen LogP contribution >= 0.6 is 0 Å². The molecule has 2 fully saturated rings. The highest BCUT2D eigenvalue weighted by Crippen LogP contribution is 2.34. The molecule has 6 heteroatoms. The van der Waals surface area contributed by atoms with Crippen LogP contribution in [-0.2, 0) is 14.3 Å². The lowest BCUT2D eigenvalue weighted by atomic mass is 9.85. The van der Waals surface area contributed by atoms with Crippen LogP contribution < -0.4 is 15.1 Å². The standard InChI is InChI=1S/C26H35N3O3/c1-3-20(2)25(21-7-5-4-6-8-21)26(30)27-23-10-9-22(28-11-15-31-16-12-28)19-24(23)29-13-17-32-18-14-29/h4-10,19-20,25H,3,11-18H2,1-2H3,(H,27,30)/t20-,25+/m1/s1. The average Bonchev–Trinajstić information content (AvgIpc) is 2.86. The largest absolute Gasteiger partial charge is 0.378 e. The Morgan fingerprint density at radius 1 is 0.938 bits per heavy atom. The van der Waals surface area contributed by atoms with E-state index in [4.69, 9.17) is 9.47 Å². The van der Waals surface area contributed by atoms with E-state index in [1.54, 1.807) is 0 Å². The fraction of sp³-hybridized carbons (Fsp3) is 0.500. The Labute approximate surface area is 191 Å². The minimum absolute atomic E-state index is 0.0548. The minimum Gasteiger partial charge on any atom is -0.378 e. The van der Waals surface area contributed by atoms with Crippen molar-refractivity contribution in [3.63, 3.8) is 0 Å². The summed E-state index contributed by atoms with van der Waals surface area (Å²) in [6.07, 6.45) is 0.944. The van der Waals surface area contributed by atoms with E-state index >= 15 is 0 Å². The lowest BCUT2D eigenvalue weighted by molar-refractivity contribution is -0.118. The molecule has 0 unspecified atom stereocenters. The second-order valence-corrected chi connectivity index (χ2v) is 8.66. The van der Waals surface area contributed by atoms with Gasteiger partial charge in [-0.05, 0) is 29.7 Å². The van der Waals surface area contributed by atoms with Crippen LogP contribution in [0, 0.1) is 5.92 Å². The molecular weight excluding hydrogens is 402 g/mol. The maximum absolute atomic E-state index is 13.6. The van der Waals surface area contributed by atoms with Gasteiger partial charge in [-0.3, -0.25) is 4.79 Å². The van der Waals surface area contributed by atoms with Gasteiger partial charge in [-0.2, -0.15) is 0 Å². The van der Waals surface area contributed by atoms with Crippen LogP contribution in [0.2, 0.25) is 0 Å². The first-order chi connectivity index (χ1) is 15.7. The van der Waals surface area contributed by atoms with E-state index in [0.29, 0.717) is 13.2 Å². The van der Waals surface area contributed by atoms with Crippen LogP contribution in [0.15, 0.2) is 48.5 Å². The van der Waals surface area contributed by atoms with Crippen LogP contribution in [0.4, 0.5) is 17.1 Å². The SMILES string of the molecule is CC[C@@H](C)[C@H](C(=O)Nc1ccc(N2CCOCC2)cc1N1CCOCC1)c1ccccc1. The molecule has 172 valence electrons. The van der Waals surface area contributed by atoms with Crippen molar-refractivity contribution >= 4 is 23.0 Å². The van der Waals surface area contributed by atoms with Crippen molar-refractivity contribution in [2.75, 3.05) is 67.7 Å². The van der Waals surface area contributed by atoms with Gasteiger partial charge in [0.2, 0.25) is 5.91 Å². The van der Waals surface area contributed by atoms with Crippen LogP contribution in [0.1, 0.15) is 31.7 Å². The topological polar surface area (TPSA) is 54.0 Å². The Hall–Kier alpha value is -2.57. The van der Waals surface area contributed by atoms with E-state index in [-0.39, 0.29) is 17.7 Å². The number of nitrogens with one attached hydrogen (secondary N) is 1. The molecule has 1 amide bonds. The van der Waals surface area contributed by atoms with Gasteiger partial charge in [0, 0.05) is 31.9 Å². The van der Waals surface area contributed by atoms with Gasteiger partial charge in [-0.25, -0.2) is 0 Å². The van der Waals surface area contributed by atoms with E-state index in [0.717, 1.165) is 62.8 Å². The van der Waals surface area contributed by atoms with Crippen molar-refractivity contribution < 1.29 is 14.3 Å². The third-order valence-electron chi connectivity index (χ3n) is 6.62. The number of morpholine rings is 2. The quantitative estimate of drug-likeness (QED) is 0.706. The van der Waals surface area contributed by atoms with Gasteiger partial charge in [0.15, 0.2) is 0 Å². The fourth-order valence-electron chi connectivity index (χ4n) is 4.55. The molecule has 0 bridgehead atoms. The number of ether oxygens (including phenoxy) is 2. The number of rotatable bonds is 7. The summed E-state index contributed by atoms with van der Waals surface area (Å²) in [6.45, 7) is 10.6. The molecule has 2 heterocycles. The van der Waals surface area contributed by atoms with E-state index in [2.05, 4.69) is 59.3 Å². The van der Waals surface area contributed by atoms with Crippen LogP contribution in [0.25, 0.3) is 0 Å². The molecule has 6 nitrogen and oxygen atoms in total. The predicted octanol–water partition coefficient (Wildman–Crippen LogP) is 4.13. The Bertz CT molecular complexity index is 877. The maximum Gasteiger partial charge on any atom is 0.232 e. The van der Waals surface area contributed by atoms with Crippen molar-refractivity contribution in [3.8, 4) is 0 Å². The average molecular weight is 438 g/mol. The zero-order chi connectivity index (χ0) is 22.3. The summed E-state index contributed by atoms with van der Waals surface area (Å²) in [5.41, 5.74) is 4.19. The molecule has 0 radical (unpaired) electrons. The molecule has 0 saturated carbocycles. The molecule has 4 rings (SSSR count). The molecular formula is C26H35N3O3. The number of carbonyl (C=O) groups excluding carboxylic acids is 1. The molecule has 32 heavy (non-hydrogen) atoms. The number of benzene rings is 2. The lowest BCUT2D eigenvalue weighted by Gasteiger charge is -2.34. The molecule has 2 aromatic rings. The summed E-state index contributed by atoms with van der Waals surface area (Å²) in [6, 6.07) is 16.5. The molecule has 0 spiro atoms.